The molecule has 1 rings (SSSR count). The average Bonchev–Trinajstić information content (AvgIpc) is 2.51. The highest BCUT2D eigenvalue weighted by atomic mass is 15.3. The minimum absolute atomic E-state index is 0.730. The van der Waals surface area contributed by atoms with E-state index in [4.69, 9.17) is 5.73 Å². The van der Waals surface area contributed by atoms with Crippen LogP contribution in [0.2, 0.25) is 0 Å². The van der Waals surface area contributed by atoms with Crippen molar-refractivity contribution in [2.24, 2.45) is 10.7 Å². The Balaban J connectivity index is 0.000000561. The fourth-order valence-electron chi connectivity index (χ4n) is 1.08. The van der Waals surface area contributed by atoms with Gasteiger partial charge in [-0.1, -0.05) is 27.2 Å². The summed E-state index contributed by atoms with van der Waals surface area (Å²) in [5, 5.41) is 0. The van der Waals surface area contributed by atoms with E-state index in [-0.39, 0.29) is 0 Å². The van der Waals surface area contributed by atoms with Crippen molar-refractivity contribution in [1.29, 1.82) is 0 Å². The van der Waals surface area contributed by atoms with E-state index < -0.39 is 0 Å². The van der Waals surface area contributed by atoms with Crippen molar-refractivity contribution >= 4 is 5.96 Å². The molecule has 0 fully saturated rings. The molecule has 0 radical (unpaired) electrons. The van der Waals surface area contributed by atoms with Crippen molar-refractivity contribution in [1.82, 2.24) is 4.90 Å². The maximum Gasteiger partial charge on any atom is 0.191 e. The molecule has 0 aliphatic carbocycles. The fraction of sp³-hybridized carbons (Fsp3) is 0.889. The van der Waals surface area contributed by atoms with E-state index >= 15 is 0 Å². The lowest BCUT2D eigenvalue weighted by molar-refractivity contribution is 0.439. The van der Waals surface area contributed by atoms with E-state index in [0.29, 0.717) is 0 Å². The highest BCUT2D eigenvalue weighted by Gasteiger charge is 2.11. The zero-order valence-electron chi connectivity index (χ0n) is 8.51. The summed E-state index contributed by atoms with van der Waals surface area (Å²) in [6.45, 7) is 9.16. The van der Waals surface area contributed by atoms with Crippen LogP contribution in [0.25, 0.3) is 0 Å². The van der Waals surface area contributed by atoms with Gasteiger partial charge in [-0.15, -0.1) is 0 Å². The molecule has 0 atom stereocenters. The van der Waals surface area contributed by atoms with E-state index in [1.165, 1.54) is 12.8 Å². The third kappa shape index (κ3) is 3.60. The summed E-state index contributed by atoms with van der Waals surface area (Å²) in [4.78, 5) is 6.23. The first kappa shape index (κ1) is 11.3. The van der Waals surface area contributed by atoms with Crippen LogP contribution in [0.1, 0.15) is 33.6 Å². The number of rotatable bonds is 3. The largest absolute Gasteiger partial charge is 0.370 e. The van der Waals surface area contributed by atoms with Crippen LogP contribution < -0.4 is 5.73 Å². The normalized spacial score (nSPS) is 15.2. The Hall–Kier alpha value is -0.730. The molecule has 0 amide bonds. The predicted molar refractivity (Wildman–Crippen MR) is 54.3 cm³/mol. The lowest BCUT2D eigenvalue weighted by Gasteiger charge is -2.15. The van der Waals surface area contributed by atoms with E-state index in [0.717, 1.165) is 25.6 Å². The molecule has 0 unspecified atom stereocenters. The van der Waals surface area contributed by atoms with Gasteiger partial charge in [0.25, 0.3) is 0 Å². The third-order valence-corrected chi connectivity index (χ3v) is 1.75. The summed E-state index contributed by atoms with van der Waals surface area (Å²) >= 11 is 0. The minimum atomic E-state index is 0.730. The summed E-state index contributed by atoms with van der Waals surface area (Å²) in [7, 11) is 0. The van der Waals surface area contributed by atoms with Gasteiger partial charge in [0.15, 0.2) is 5.96 Å². The van der Waals surface area contributed by atoms with Gasteiger partial charge >= 0.3 is 0 Å². The molecule has 0 aromatic heterocycles. The molecule has 0 aromatic carbocycles. The zero-order valence-corrected chi connectivity index (χ0v) is 8.51. The van der Waals surface area contributed by atoms with Crippen LogP contribution in [0.4, 0.5) is 0 Å². The highest BCUT2D eigenvalue weighted by molar-refractivity contribution is 5.79. The summed E-state index contributed by atoms with van der Waals surface area (Å²) in [6, 6.07) is 0. The second kappa shape index (κ2) is 6.95. The second-order valence-corrected chi connectivity index (χ2v) is 2.58. The Labute approximate surface area is 75.7 Å². The Morgan fingerprint density at radius 1 is 1.50 bits per heavy atom. The molecular formula is C9H21N3. The van der Waals surface area contributed by atoms with Gasteiger partial charge < -0.3 is 10.6 Å². The van der Waals surface area contributed by atoms with E-state index in [1.807, 2.05) is 13.8 Å². The third-order valence-electron chi connectivity index (χ3n) is 1.75. The maximum absolute atomic E-state index is 5.60. The monoisotopic (exact) mass is 171 g/mol. The molecule has 0 saturated heterocycles. The van der Waals surface area contributed by atoms with Crippen LogP contribution in [-0.2, 0) is 0 Å². The van der Waals surface area contributed by atoms with E-state index in [1.54, 1.807) is 0 Å². The summed E-state index contributed by atoms with van der Waals surface area (Å²) in [5.41, 5.74) is 5.60. The van der Waals surface area contributed by atoms with Crippen molar-refractivity contribution in [2.45, 2.75) is 33.6 Å². The average molecular weight is 171 g/mol. The number of hydrogen-bond acceptors (Lipinski definition) is 3. The number of unbranched alkanes of at least 4 members (excludes halogenated alkanes) is 1. The van der Waals surface area contributed by atoms with E-state index in [2.05, 4.69) is 16.8 Å². The van der Waals surface area contributed by atoms with Crippen LogP contribution in [0, 0.1) is 0 Å². The fourth-order valence-corrected chi connectivity index (χ4v) is 1.08. The van der Waals surface area contributed by atoms with Gasteiger partial charge in [0, 0.05) is 13.1 Å². The first-order chi connectivity index (χ1) is 5.84. The summed E-state index contributed by atoms with van der Waals surface area (Å²) in [6.07, 6.45) is 2.44. The van der Waals surface area contributed by atoms with Gasteiger partial charge in [-0.25, -0.2) is 0 Å². The lowest BCUT2D eigenvalue weighted by Crippen LogP contribution is -2.34. The molecule has 3 nitrogen and oxygen atoms in total. The van der Waals surface area contributed by atoms with Gasteiger partial charge in [-0.3, -0.25) is 4.99 Å². The molecule has 1 heterocycles. The molecule has 0 saturated carbocycles. The molecule has 2 N–H and O–H groups in total. The molecule has 0 bridgehead atoms. The quantitative estimate of drug-likeness (QED) is 0.698. The SMILES string of the molecule is CC.CCCCN1CCN=C1N. The van der Waals surface area contributed by atoms with Crippen LogP contribution in [0.5, 0.6) is 0 Å². The van der Waals surface area contributed by atoms with Crippen molar-refractivity contribution < 1.29 is 0 Å². The second-order valence-electron chi connectivity index (χ2n) is 2.58. The molecule has 0 aromatic rings. The number of guanidine groups is 1. The van der Waals surface area contributed by atoms with Gasteiger partial charge in [0.2, 0.25) is 0 Å². The van der Waals surface area contributed by atoms with Gasteiger partial charge in [-0.2, -0.15) is 0 Å². The molecule has 1 aliphatic heterocycles. The molecule has 72 valence electrons. The van der Waals surface area contributed by atoms with Crippen molar-refractivity contribution in [3.05, 3.63) is 0 Å². The molecular weight excluding hydrogens is 150 g/mol. The van der Waals surface area contributed by atoms with Crippen molar-refractivity contribution in [2.75, 3.05) is 19.6 Å². The number of nitrogens with zero attached hydrogens (tertiary/aromatic N) is 2. The molecule has 12 heavy (non-hydrogen) atoms. The summed E-state index contributed by atoms with van der Waals surface area (Å²) < 4.78 is 0. The Kier molecular flexibility index (Phi) is 6.53. The smallest absolute Gasteiger partial charge is 0.191 e. The standard InChI is InChI=1S/C7H15N3.C2H6/c1-2-3-5-10-6-4-9-7(10)8;1-2/h2-6H2,1H3,(H2,8,9);1-2H3. The van der Waals surface area contributed by atoms with Gasteiger partial charge in [0.1, 0.15) is 0 Å². The van der Waals surface area contributed by atoms with Crippen molar-refractivity contribution in [3.63, 3.8) is 0 Å². The Morgan fingerprint density at radius 2 is 2.17 bits per heavy atom. The van der Waals surface area contributed by atoms with Crippen LogP contribution in [-0.4, -0.2) is 30.5 Å². The first-order valence-corrected chi connectivity index (χ1v) is 4.89. The highest BCUT2D eigenvalue weighted by Crippen LogP contribution is 1.99. The lowest BCUT2D eigenvalue weighted by atomic mass is 10.3. The molecule has 0 spiro atoms. The zero-order chi connectivity index (χ0) is 9.40. The van der Waals surface area contributed by atoms with Gasteiger partial charge in [-0.05, 0) is 6.42 Å². The predicted octanol–water partition coefficient (Wildman–Crippen LogP) is 1.44. The van der Waals surface area contributed by atoms with E-state index in [9.17, 15) is 0 Å². The Bertz CT molecular complexity index is 132. The minimum Gasteiger partial charge on any atom is -0.370 e. The van der Waals surface area contributed by atoms with Crippen LogP contribution in [0.15, 0.2) is 4.99 Å². The van der Waals surface area contributed by atoms with Crippen LogP contribution >= 0.6 is 0 Å². The van der Waals surface area contributed by atoms with Crippen LogP contribution in [0.3, 0.4) is 0 Å². The summed E-state index contributed by atoms with van der Waals surface area (Å²) in [5.74, 6) is 0.730. The number of nitrogens with two attached hydrogens (primary N) is 1. The topological polar surface area (TPSA) is 41.6 Å². The Morgan fingerprint density at radius 3 is 2.58 bits per heavy atom. The maximum atomic E-state index is 5.60. The van der Waals surface area contributed by atoms with Gasteiger partial charge in [0.05, 0.1) is 6.54 Å². The molecule has 1 aliphatic rings. The first-order valence-electron chi connectivity index (χ1n) is 4.89. The molecule has 3 heteroatoms. The number of hydrogen-bond donors (Lipinski definition) is 1. The number of aliphatic imine (C=N–C) groups is 1. The van der Waals surface area contributed by atoms with Crippen molar-refractivity contribution in [3.8, 4) is 0 Å².